The normalized spacial score (nSPS) is 19.9. The number of aryl methyl sites for hydroxylation is 1. The molecule has 7 nitrogen and oxygen atoms in total. The molecule has 0 unspecified atom stereocenters. The van der Waals surface area contributed by atoms with Gasteiger partial charge in [-0.2, -0.15) is 4.98 Å². The number of nitrogens with zero attached hydrogens (tertiary/aromatic N) is 3. The van der Waals surface area contributed by atoms with Gasteiger partial charge in [0.25, 0.3) is 5.89 Å². The molecule has 0 bridgehead atoms. The van der Waals surface area contributed by atoms with Crippen molar-refractivity contribution in [1.82, 2.24) is 15.0 Å². The summed E-state index contributed by atoms with van der Waals surface area (Å²) in [5.74, 6) is 0.174. The summed E-state index contributed by atoms with van der Waals surface area (Å²) >= 11 is 0. The van der Waals surface area contributed by atoms with E-state index < -0.39 is 11.6 Å². The molecule has 1 saturated heterocycles. The van der Waals surface area contributed by atoms with Crippen LogP contribution in [0.3, 0.4) is 0 Å². The van der Waals surface area contributed by atoms with E-state index in [0.717, 1.165) is 29.8 Å². The Morgan fingerprint density at radius 3 is 2.66 bits per heavy atom. The van der Waals surface area contributed by atoms with E-state index in [9.17, 15) is 9.90 Å². The fourth-order valence-electron chi connectivity index (χ4n) is 3.70. The number of carboxylic acid groups (broad SMARTS) is 1. The number of aromatic carboxylic acids is 1. The van der Waals surface area contributed by atoms with Gasteiger partial charge < -0.3 is 14.4 Å². The first-order valence-electron chi connectivity index (χ1n) is 9.53. The summed E-state index contributed by atoms with van der Waals surface area (Å²) in [6, 6.07) is 15.1. The predicted molar refractivity (Wildman–Crippen MR) is 106 cm³/mol. The monoisotopic (exact) mass is 393 g/mol. The molecule has 1 aromatic heterocycles. The van der Waals surface area contributed by atoms with Gasteiger partial charge in [0.2, 0.25) is 0 Å². The van der Waals surface area contributed by atoms with Gasteiger partial charge in [-0.05, 0) is 36.6 Å². The molecule has 0 amide bonds. The molecule has 29 heavy (non-hydrogen) atoms. The van der Waals surface area contributed by atoms with Gasteiger partial charge in [-0.3, -0.25) is 4.90 Å². The lowest BCUT2D eigenvalue weighted by molar-refractivity contribution is -0.120. The van der Waals surface area contributed by atoms with Crippen LogP contribution in [-0.4, -0.2) is 45.8 Å². The van der Waals surface area contributed by atoms with Crippen molar-refractivity contribution in [3.63, 3.8) is 0 Å². The van der Waals surface area contributed by atoms with Gasteiger partial charge in [0.1, 0.15) is 0 Å². The molecule has 2 heterocycles. The van der Waals surface area contributed by atoms with Crippen LogP contribution in [0.4, 0.5) is 0 Å². The third-order valence-electron chi connectivity index (χ3n) is 5.16. The van der Waals surface area contributed by atoms with Crippen LogP contribution in [-0.2, 0) is 16.9 Å². The smallest absolute Gasteiger partial charge is 0.336 e. The standard InChI is InChI=1S/C22H23N3O4/c1-15-23-21(29-24-15)22(2)14-25(11-12-28-22)13-16-7-9-17(10-8-16)18-5-3-4-6-19(18)20(26)27/h3-10H,11-14H2,1-2H3,(H,26,27)/t22-/m0/s1. The lowest BCUT2D eigenvalue weighted by atomic mass is 9.98. The fourth-order valence-corrected chi connectivity index (χ4v) is 3.70. The largest absolute Gasteiger partial charge is 0.478 e. The minimum absolute atomic E-state index is 0.305. The van der Waals surface area contributed by atoms with Gasteiger partial charge in [0.05, 0.1) is 12.2 Å². The molecule has 0 radical (unpaired) electrons. The Hall–Kier alpha value is -3.03. The maximum Gasteiger partial charge on any atom is 0.336 e. The molecule has 0 spiro atoms. The second-order valence-electron chi connectivity index (χ2n) is 7.48. The predicted octanol–water partition coefficient (Wildman–Crippen LogP) is 3.49. The van der Waals surface area contributed by atoms with Crippen molar-refractivity contribution in [3.8, 4) is 11.1 Å². The third kappa shape index (κ3) is 4.06. The maximum atomic E-state index is 11.5. The molecule has 0 aliphatic carbocycles. The van der Waals surface area contributed by atoms with Crippen molar-refractivity contribution in [1.29, 1.82) is 0 Å². The van der Waals surface area contributed by atoms with Crippen molar-refractivity contribution in [2.24, 2.45) is 0 Å². The first-order valence-corrected chi connectivity index (χ1v) is 9.53. The average molecular weight is 393 g/mol. The number of morpholine rings is 1. The molecular formula is C22H23N3O4. The second-order valence-corrected chi connectivity index (χ2v) is 7.48. The van der Waals surface area contributed by atoms with E-state index in [4.69, 9.17) is 9.26 Å². The number of carbonyl (C=O) groups is 1. The van der Waals surface area contributed by atoms with Gasteiger partial charge in [-0.15, -0.1) is 0 Å². The van der Waals surface area contributed by atoms with Crippen molar-refractivity contribution >= 4 is 5.97 Å². The zero-order valence-corrected chi connectivity index (χ0v) is 16.5. The highest BCUT2D eigenvalue weighted by atomic mass is 16.5. The summed E-state index contributed by atoms with van der Waals surface area (Å²) in [6.45, 7) is 6.57. The lowest BCUT2D eigenvalue weighted by Gasteiger charge is -2.38. The number of hydrogen-bond donors (Lipinski definition) is 1. The van der Waals surface area contributed by atoms with E-state index in [1.54, 1.807) is 19.1 Å². The Bertz CT molecular complexity index is 1010. The van der Waals surface area contributed by atoms with Gasteiger partial charge in [0, 0.05) is 19.6 Å². The van der Waals surface area contributed by atoms with Crippen LogP contribution in [0.5, 0.6) is 0 Å². The minimum Gasteiger partial charge on any atom is -0.478 e. The summed E-state index contributed by atoms with van der Waals surface area (Å²) in [6.07, 6.45) is 0. The summed E-state index contributed by atoms with van der Waals surface area (Å²) in [4.78, 5) is 18.1. The van der Waals surface area contributed by atoms with Gasteiger partial charge >= 0.3 is 5.97 Å². The van der Waals surface area contributed by atoms with Crippen LogP contribution in [0.2, 0.25) is 0 Å². The molecule has 4 rings (SSSR count). The average Bonchev–Trinajstić information content (AvgIpc) is 3.16. The highest BCUT2D eigenvalue weighted by Gasteiger charge is 2.38. The number of carboxylic acids is 1. The zero-order valence-electron chi connectivity index (χ0n) is 16.5. The Morgan fingerprint density at radius 2 is 1.97 bits per heavy atom. The van der Waals surface area contributed by atoms with E-state index in [1.807, 2.05) is 43.3 Å². The van der Waals surface area contributed by atoms with Crippen molar-refractivity contribution < 1.29 is 19.2 Å². The summed E-state index contributed by atoms with van der Waals surface area (Å²) in [5.41, 5.74) is 2.43. The van der Waals surface area contributed by atoms with E-state index in [0.29, 0.717) is 30.4 Å². The molecule has 1 aliphatic rings. The number of hydrogen-bond acceptors (Lipinski definition) is 6. The Labute approximate surface area is 168 Å². The van der Waals surface area contributed by atoms with Crippen LogP contribution in [0.1, 0.15) is 34.6 Å². The second kappa shape index (κ2) is 7.77. The molecule has 1 atom stereocenters. The van der Waals surface area contributed by atoms with Crippen molar-refractivity contribution in [2.45, 2.75) is 26.0 Å². The Morgan fingerprint density at radius 1 is 1.21 bits per heavy atom. The number of rotatable bonds is 5. The molecule has 1 N–H and O–H groups in total. The molecule has 1 aliphatic heterocycles. The molecule has 0 saturated carbocycles. The third-order valence-corrected chi connectivity index (χ3v) is 5.16. The number of benzene rings is 2. The highest BCUT2D eigenvalue weighted by molar-refractivity contribution is 5.95. The van der Waals surface area contributed by atoms with E-state index in [-0.39, 0.29) is 0 Å². The molecule has 1 fully saturated rings. The lowest BCUT2D eigenvalue weighted by Crippen LogP contribution is -2.47. The van der Waals surface area contributed by atoms with Crippen LogP contribution in [0.25, 0.3) is 11.1 Å². The number of ether oxygens (including phenoxy) is 1. The summed E-state index contributed by atoms with van der Waals surface area (Å²) < 4.78 is 11.3. The fraction of sp³-hybridized carbons (Fsp3) is 0.318. The maximum absolute atomic E-state index is 11.5. The van der Waals surface area contributed by atoms with E-state index >= 15 is 0 Å². The van der Waals surface area contributed by atoms with Crippen LogP contribution >= 0.6 is 0 Å². The number of aromatic nitrogens is 2. The Balaban J connectivity index is 1.49. The van der Waals surface area contributed by atoms with E-state index in [2.05, 4.69) is 15.0 Å². The van der Waals surface area contributed by atoms with Gasteiger partial charge in [-0.1, -0.05) is 47.6 Å². The van der Waals surface area contributed by atoms with Crippen LogP contribution < -0.4 is 0 Å². The van der Waals surface area contributed by atoms with Crippen molar-refractivity contribution in [3.05, 3.63) is 71.4 Å². The molecule has 7 heteroatoms. The first kappa shape index (κ1) is 19.3. The Kier molecular flexibility index (Phi) is 5.17. The summed E-state index contributed by atoms with van der Waals surface area (Å²) in [7, 11) is 0. The quantitative estimate of drug-likeness (QED) is 0.710. The van der Waals surface area contributed by atoms with Crippen LogP contribution in [0, 0.1) is 6.92 Å². The summed E-state index contributed by atoms with van der Waals surface area (Å²) in [5, 5.41) is 13.3. The minimum atomic E-state index is -0.923. The SMILES string of the molecule is Cc1noc([C@]2(C)CN(Cc3ccc(-c4ccccc4C(=O)O)cc3)CCO2)n1. The molecule has 3 aromatic rings. The van der Waals surface area contributed by atoms with Gasteiger partial charge in [-0.25, -0.2) is 4.79 Å². The molecule has 150 valence electrons. The zero-order chi connectivity index (χ0) is 20.4. The van der Waals surface area contributed by atoms with Crippen LogP contribution in [0.15, 0.2) is 53.1 Å². The van der Waals surface area contributed by atoms with E-state index in [1.165, 1.54) is 0 Å². The van der Waals surface area contributed by atoms with Gasteiger partial charge in [0.15, 0.2) is 11.4 Å². The molecule has 2 aromatic carbocycles. The highest BCUT2D eigenvalue weighted by Crippen LogP contribution is 2.29. The molecular weight excluding hydrogens is 370 g/mol. The first-order chi connectivity index (χ1) is 13.9. The topological polar surface area (TPSA) is 88.7 Å². The van der Waals surface area contributed by atoms with Crippen molar-refractivity contribution in [2.75, 3.05) is 19.7 Å².